The summed E-state index contributed by atoms with van der Waals surface area (Å²) in [6, 6.07) is 4.06. The SMILES string of the molecule is Cc1nccn1CC(C)CNCc1cccnc1. The van der Waals surface area contributed by atoms with Crippen molar-refractivity contribution in [1.82, 2.24) is 19.9 Å². The molecule has 1 atom stereocenters. The molecule has 0 saturated carbocycles. The summed E-state index contributed by atoms with van der Waals surface area (Å²) in [6.45, 7) is 7.16. The molecule has 2 rings (SSSR count). The zero-order chi connectivity index (χ0) is 12.8. The Morgan fingerprint density at radius 3 is 2.94 bits per heavy atom. The molecule has 0 amide bonds. The number of hydrogen-bond acceptors (Lipinski definition) is 3. The van der Waals surface area contributed by atoms with Gasteiger partial charge in [-0.05, 0) is 31.0 Å². The quantitative estimate of drug-likeness (QED) is 0.845. The van der Waals surface area contributed by atoms with E-state index in [1.807, 2.05) is 31.6 Å². The first-order valence-electron chi connectivity index (χ1n) is 6.33. The second-order valence-corrected chi connectivity index (χ2v) is 4.72. The monoisotopic (exact) mass is 244 g/mol. The molecule has 4 nitrogen and oxygen atoms in total. The lowest BCUT2D eigenvalue weighted by Gasteiger charge is -2.14. The lowest BCUT2D eigenvalue weighted by atomic mass is 10.1. The van der Waals surface area contributed by atoms with Gasteiger partial charge in [0.15, 0.2) is 0 Å². The molecule has 0 aliphatic rings. The van der Waals surface area contributed by atoms with Gasteiger partial charge in [-0.2, -0.15) is 0 Å². The zero-order valence-electron chi connectivity index (χ0n) is 11.0. The Labute approximate surface area is 108 Å². The molecule has 0 bridgehead atoms. The van der Waals surface area contributed by atoms with Crippen molar-refractivity contribution in [3.05, 3.63) is 48.3 Å². The van der Waals surface area contributed by atoms with Crippen molar-refractivity contribution < 1.29 is 0 Å². The number of pyridine rings is 1. The predicted molar refractivity (Wildman–Crippen MR) is 72.1 cm³/mol. The van der Waals surface area contributed by atoms with Crippen LogP contribution in [0.2, 0.25) is 0 Å². The van der Waals surface area contributed by atoms with Crippen LogP contribution >= 0.6 is 0 Å². The lowest BCUT2D eigenvalue weighted by Crippen LogP contribution is -2.24. The fourth-order valence-electron chi connectivity index (χ4n) is 1.96. The minimum atomic E-state index is 0.578. The molecule has 2 aromatic heterocycles. The summed E-state index contributed by atoms with van der Waals surface area (Å²) in [4.78, 5) is 8.33. The molecule has 0 radical (unpaired) electrons. The van der Waals surface area contributed by atoms with E-state index in [1.165, 1.54) is 5.56 Å². The molecule has 0 aliphatic carbocycles. The Kier molecular flexibility index (Phi) is 4.47. The molecule has 1 N–H and O–H groups in total. The molecule has 0 aromatic carbocycles. The van der Waals surface area contributed by atoms with Crippen molar-refractivity contribution in [1.29, 1.82) is 0 Å². The molecule has 2 aromatic rings. The van der Waals surface area contributed by atoms with E-state index in [0.717, 1.165) is 25.5 Å². The van der Waals surface area contributed by atoms with Crippen LogP contribution in [-0.2, 0) is 13.1 Å². The first kappa shape index (κ1) is 12.8. The molecule has 4 heteroatoms. The van der Waals surface area contributed by atoms with E-state index in [1.54, 1.807) is 6.20 Å². The van der Waals surface area contributed by atoms with Crippen LogP contribution in [0, 0.1) is 12.8 Å². The van der Waals surface area contributed by atoms with Gasteiger partial charge in [0.2, 0.25) is 0 Å². The van der Waals surface area contributed by atoms with Crippen LogP contribution < -0.4 is 5.32 Å². The van der Waals surface area contributed by atoms with Gasteiger partial charge in [0.1, 0.15) is 5.82 Å². The normalized spacial score (nSPS) is 12.6. The molecule has 18 heavy (non-hydrogen) atoms. The number of rotatable bonds is 6. The van der Waals surface area contributed by atoms with Crippen LogP contribution in [0.25, 0.3) is 0 Å². The van der Waals surface area contributed by atoms with Crippen molar-refractivity contribution >= 4 is 0 Å². The average molecular weight is 244 g/mol. The minimum Gasteiger partial charge on any atom is -0.335 e. The van der Waals surface area contributed by atoms with Crippen LogP contribution in [0.5, 0.6) is 0 Å². The summed E-state index contributed by atoms with van der Waals surface area (Å²) < 4.78 is 2.19. The molecule has 0 saturated heterocycles. The lowest BCUT2D eigenvalue weighted by molar-refractivity contribution is 0.440. The van der Waals surface area contributed by atoms with E-state index in [2.05, 4.69) is 32.8 Å². The molecule has 0 aliphatic heterocycles. The van der Waals surface area contributed by atoms with Gasteiger partial charge in [0.25, 0.3) is 0 Å². The smallest absolute Gasteiger partial charge is 0.105 e. The van der Waals surface area contributed by atoms with Crippen molar-refractivity contribution in [3.8, 4) is 0 Å². The summed E-state index contributed by atoms with van der Waals surface area (Å²) in [5, 5.41) is 3.46. The standard InChI is InChI=1S/C14H20N4/c1-12(11-18-7-6-17-13(18)2)8-16-10-14-4-3-5-15-9-14/h3-7,9,12,16H,8,10-11H2,1-2H3. The third kappa shape index (κ3) is 3.67. The van der Waals surface area contributed by atoms with Gasteiger partial charge < -0.3 is 9.88 Å². The molecule has 96 valence electrons. The Morgan fingerprint density at radius 2 is 2.28 bits per heavy atom. The predicted octanol–water partition coefficient (Wildman–Crippen LogP) is 2.01. The average Bonchev–Trinajstić information content (AvgIpc) is 2.76. The number of hydrogen-bond donors (Lipinski definition) is 1. The first-order chi connectivity index (χ1) is 8.75. The number of aryl methyl sites for hydroxylation is 1. The summed E-state index contributed by atoms with van der Waals surface area (Å²) in [7, 11) is 0. The van der Waals surface area contributed by atoms with E-state index in [4.69, 9.17) is 0 Å². The molecule has 0 spiro atoms. The van der Waals surface area contributed by atoms with Crippen molar-refractivity contribution in [2.45, 2.75) is 26.9 Å². The maximum absolute atomic E-state index is 4.23. The summed E-state index contributed by atoms with van der Waals surface area (Å²) in [6.07, 6.45) is 7.59. The molecular weight excluding hydrogens is 224 g/mol. The maximum atomic E-state index is 4.23. The molecule has 0 fully saturated rings. The number of imidazole rings is 1. The van der Waals surface area contributed by atoms with Crippen LogP contribution in [-0.4, -0.2) is 21.1 Å². The minimum absolute atomic E-state index is 0.578. The highest BCUT2D eigenvalue weighted by Gasteiger charge is 2.04. The number of aromatic nitrogens is 3. The summed E-state index contributed by atoms with van der Waals surface area (Å²) in [5.41, 5.74) is 1.23. The Morgan fingerprint density at radius 1 is 1.39 bits per heavy atom. The van der Waals surface area contributed by atoms with Crippen LogP contribution in [0.1, 0.15) is 18.3 Å². The Bertz CT molecular complexity index is 464. The van der Waals surface area contributed by atoms with Gasteiger partial charge >= 0.3 is 0 Å². The van der Waals surface area contributed by atoms with Crippen molar-refractivity contribution in [2.24, 2.45) is 5.92 Å². The molecular formula is C14H20N4. The third-order valence-electron chi connectivity index (χ3n) is 2.98. The van der Waals surface area contributed by atoms with Crippen LogP contribution in [0.4, 0.5) is 0 Å². The molecule has 1 unspecified atom stereocenters. The van der Waals surface area contributed by atoms with Gasteiger partial charge in [-0.25, -0.2) is 4.98 Å². The largest absolute Gasteiger partial charge is 0.335 e. The second kappa shape index (κ2) is 6.31. The summed E-state index contributed by atoms with van der Waals surface area (Å²) in [5.74, 6) is 1.66. The van der Waals surface area contributed by atoms with Gasteiger partial charge in [0, 0.05) is 37.9 Å². The first-order valence-corrected chi connectivity index (χ1v) is 6.33. The van der Waals surface area contributed by atoms with E-state index in [0.29, 0.717) is 5.92 Å². The fourth-order valence-corrected chi connectivity index (χ4v) is 1.96. The Balaban J connectivity index is 1.72. The number of nitrogens with zero attached hydrogens (tertiary/aromatic N) is 3. The van der Waals surface area contributed by atoms with E-state index < -0.39 is 0 Å². The van der Waals surface area contributed by atoms with Crippen molar-refractivity contribution in [2.75, 3.05) is 6.54 Å². The molecule has 2 heterocycles. The van der Waals surface area contributed by atoms with E-state index in [9.17, 15) is 0 Å². The zero-order valence-corrected chi connectivity index (χ0v) is 11.0. The Hall–Kier alpha value is -1.68. The topological polar surface area (TPSA) is 42.7 Å². The van der Waals surface area contributed by atoms with Gasteiger partial charge in [-0.15, -0.1) is 0 Å². The number of nitrogens with one attached hydrogen (secondary N) is 1. The van der Waals surface area contributed by atoms with Crippen molar-refractivity contribution in [3.63, 3.8) is 0 Å². The van der Waals surface area contributed by atoms with Gasteiger partial charge in [-0.1, -0.05) is 13.0 Å². The van der Waals surface area contributed by atoms with Gasteiger partial charge in [0.05, 0.1) is 0 Å². The highest BCUT2D eigenvalue weighted by atomic mass is 15.1. The van der Waals surface area contributed by atoms with E-state index in [-0.39, 0.29) is 0 Å². The highest BCUT2D eigenvalue weighted by Crippen LogP contribution is 2.03. The van der Waals surface area contributed by atoms with E-state index >= 15 is 0 Å². The fraction of sp³-hybridized carbons (Fsp3) is 0.429. The third-order valence-corrected chi connectivity index (χ3v) is 2.98. The maximum Gasteiger partial charge on any atom is 0.105 e. The second-order valence-electron chi connectivity index (χ2n) is 4.72. The van der Waals surface area contributed by atoms with Gasteiger partial charge in [-0.3, -0.25) is 4.98 Å². The van der Waals surface area contributed by atoms with Crippen LogP contribution in [0.3, 0.4) is 0 Å². The highest BCUT2D eigenvalue weighted by molar-refractivity contribution is 5.07. The van der Waals surface area contributed by atoms with Crippen LogP contribution in [0.15, 0.2) is 36.9 Å². The summed E-state index contributed by atoms with van der Waals surface area (Å²) >= 11 is 0.